The van der Waals surface area contributed by atoms with Crippen molar-refractivity contribution in [2.24, 2.45) is 0 Å². The highest BCUT2D eigenvalue weighted by Crippen LogP contribution is 2.19. The molecule has 18 heavy (non-hydrogen) atoms. The van der Waals surface area contributed by atoms with Crippen LogP contribution in [0.15, 0.2) is 24.4 Å². The van der Waals surface area contributed by atoms with Crippen molar-refractivity contribution in [3.05, 3.63) is 35.2 Å². The third-order valence-corrected chi connectivity index (χ3v) is 2.99. The van der Waals surface area contributed by atoms with Gasteiger partial charge in [0.1, 0.15) is 5.65 Å². The SMILES string of the molecule is CCN(CCO)C(=O)c1c(Cl)nc2ccccn12. The fraction of sp³-hybridized carbons (Fsp3) is 0.333. The van der Waals surface area contributed by atoms with Crippen LogP contribution >= 0.6 is 11.6 Å². The first-order valence-electron chi connectivity index (χ1n) is 5.71. The fourth-order valence-corrected chi connectivity index (χ4v) is 2.09. The van der Waals surface area contributed by atoms with Gasteiger partial charge in [0, 0.05) is 19.3 Å². The number of carbonyl (C=O) groups excluding carboxylic acids is 1. The summed E-state index contributed by atoms with van der Waals surface area (Å²) in [5, 5.41) is 9.13. The summed E-state index contributed by atoms with van der Waals surface area (Å²) >= 11 is 6.02. The van der Waals surface area contributed by atoms with E-state index in [0.717, 1.165) is 0 Å². The highest BCUT2D eigenvalue weighted by atomic mass is 35.5. The van der Waals surface area contributed by atoms with Crippen molar-refractivity contribution in [1.29, 1.82) is 0 Å². The molecule has 1 amide bonds. The molecule has 0 aromatic carbocycles. The minimum Gasteiger partial charge on any atom is -0.395 e. The summed E-state index contributed by atoms with van der Waals surface area (Å²) in [6.45, 7) is 2.57. The summed E-state index contributed by atoms with van der Waals surface area (Å²) < 4.78 is 1.66. The van der Waals surface area contributed by atoms with Crippen molar-refractivity contribution >= 4 is 23.2 Å². The summed E-state index contributed by atoms with van der Waals surface area (Å²) in [4.78, 5) is 18.0. The maximum Gasteiger partial charge on any atom is 0.274 e. The van der Waals surface area contributed by atoms with Gasteiger partial charge in [-0.05, 0) is 19.1 Å². The molecule has 6 heteroatoms. The average Bonchev–Trinajstić information content (AvgIpc) is 2.71. The number of nitrogens with zero attached hydrogens (tertiary/aromatic N) is 3. The van der Waals surface area contributed by atoms with Crippen molar-refractivity contribution in [3.8, 4) is 0 Å². The topological polar surface area (TPSA) is 57.8 Å². The van der Waals surface area contributed by atoms with Crippen molar-refractivity contribution < 1.29 is 9.90 Å². The summed E-state index contributed by atoms with van der Waals surface area (Å²) in [6.07, 6.45) is 1.74. The second-order valence-electron chi connectivity index (χ2n) is 3.79. The minimum atomic E-state index is -0.227. The number of aliphatic hydroxyl groups is 1. The zero-order valence-corrected chi connectivity index (χ0v) is 10.8. The fourth-order valence-electron chi connectivity index (χ4n) is 1.83. The van der Waals surface area contributed by atoms with Gasteiger partial charge in [0.25, 0.3) is 5.91 Å². The van der Waals surface area contributed by atoms with Crippen molar-refractivity contribution in [2.45, 2.75) is 6.92 Å². The Kier molecular flexibility index (Phi) is 3.84. The third-order valence-electron chi connectivity index (χ3n) is 2.73. The molecule has 0 bridgehead atoms. The number of amides is 1. The van der Waals surface area contributed by atoms with Crippen LogP contribution < -0.4 is 0 Å². The summed E-state index contributed by atoms with van der Waals surface area (Å²) in [5.41, 5.74) is 0.966. The lowest BCUT2D eigenvalue weighted by Gasteiger charge is -2.19. The Labute approximate surface area is 110 Å². The average molecular weight is 268 g/mol. The molecule has 0 fully saturated rings. The van der Waals surface area contributed by atoms with E-state index >= 15 is 0 Å². The van der Waals surface area contributed by atoms with Gasteiger partial charge in [-0.1, -0.05) is 17.7 Å². The molecular formula is C12H14ClN3O2. The van der Waals surface area contributed by atoms with Gasteiger partial charge in [-0.2, -0.15) is 0 Å². The maximum absolute atomic E-state index is 12.3. The molecular weight excluding hydrogens is 254 g/mol. The van der Waals surface area contributed by atoms with E-state index in [1.165, 1.54) is 4.90 Å². The lowest BCUT2D eigenvalue weighted by atomic mass is 10.3. The number of likely N-dealkylation sites (N-methyl/N-ethyl adjacent to an activating group) is 1. The van der Waals surface area contributed by atoms with Gasteiger partial charge in [0.05, 0.1) is 6.61 Å². The van der Waals surface area contributed by atoms with E-state index in [1.54, 1.807) is 16.7 Å². The number of carbonyl (C=O) groups is 1. The number of imidazole rings is 1. The van der Waals surface area contributed by atoms with Crippen LogP contribution in [0.5, 0.6) is 0 Å². The van der Waals surface area contributed by atoms with E-state index in [9.17, 15) is 4.79 Å². The largest absolute Gasteiger partial charge is 0.395 e. The second-order valence-corrected chi connectivity index (χ2v) is 4.15. The van der Waals surface area contributed by atoms with Crippen LogP contribution in [-0.2, 0) is 0 Å². The molecule has 0 aliphatic heterocycles. The standard InChI is InChI=1S/C12H14ClN3O2/c1-2-15(7-8-17)12(18)10-11(13)14-9-5-3-4-6-16(9)10/h3-6,17H,2,7-8H2,1H3. The molecule has 0 aliphatic carbocycles. The maximum atomic E-state index is 12.3. The van der Waals surface area contributed by atoms with E-state index in [0.29, 0.717) is 17.9 Å². The number of halogens is 1. The van der Waals surface area contributed by atoms with Gasteiger partial charge in [0.15, 0.2) is 10.8 Å². The van der Waals surface area contributed by atoms with Crippen LogP contribution in [0, 0.1) is 0 Å². The van der Waals surface area contributed by atoms with E-state index in [-0.39, 0.29) is 24.2 Å². The highest BCUT2D eigenvalue weighted by molar-refractivity contribution is 6.32. The molecule has 0 saturated carbocycles. The third kappa shape index (κ3) is 2.19. The molecule has 96 valence electrons. The van der Waals surface area contributed by atoms with E-state index in [2.05, 4.69) is 4.98 Å². The van der Waals surface area contributed by atoms with Crippen molar-refractivity contribution in [2.75, 3.05) is 19.7 Å². The Morgan fingerprint density at radius 1 is 1.56 bits per heavy atom. The van der Waals surface area contributed by atoms with E-state index in [1.807, 2.05) is 19.1 Å². The monoisotopic (exact) mass is 267 g/mol. The van der Waals surface area contributed by atoms with Crippen molar-refractivity contribution in [1.82, 2.24) is 14.3 Å². The van der Waals surface area contributed by atoms with Crippen LogP contribution in [0.4, 0.5) is 0 Å². The van der Waals surface area contributed by atoms with Gasteiger partial charge >= 0.3 is 0 Å². The molecule has 2 aromatic rings. The van der Waals surface area contributed by atoms with Crippen molar-refractivity contribution in [3.63, 3.8) is 0 Å². The van der Waals surface area contributed by atoms with Crippen LogP contribution in [0.2, 0.25) is 5.15 Å². The molecule has 2 heterocycles. The molecule has 2 rings (SSSR count). The van der Waals surface area contributed by atoms with E-state index in [4.69, 9.17) is 16.7 Å². The molecule has 0 saturated heterocycles. The van der Waals surface area contributed by atoms with Crippen LogP contribution in [-0.4, -0.2) is 45.0 Å². The van der Waals surface area contributed by atoms with Crippen LogP contribution in [0.3, 0.4) is 0 Å². The number of hydrogen-bond acceptors (Lipinski definition) is 3. The van der Waals surface area contributed by atoms with Gasteiger partial charge in [-0.15, -0.1) is 0 Å². The molecule has 0 aliphatic rings. The smallest absolute Gasteiger partial charge is 0.274 e. The Morgan fingerprint density at radius 3 is 3.00 bits per heavy atom. The van der Waals surface area contributed by atoms with Gasteiger partial charge in [0.2, 0.25) is 0 Å². The quantitative estimate of drug-likeness (QED) is 0.912. The Morgan fingerprint density at radius 2 is 2.33 bits per heavy atom. The normalized spacial score (nSPS) is 10.8. The molecule has 0 radical (unpaired) electrons. The molecule has 0 spiro atoms. The second kappa shape index (κ2) is 5.37. The zero-order chi connectivity index (χ0) is 13.1. The first-order chi connectivity index (χ1) is 8.69. The number of aromatic nitrogens is 2. The predicted molar refractivity (Wildman–Crippen MR) is 68.9 cm³/mol. The highest BCUT2D eigenvalue weighted by Gasteiger charge is 2.22. The number of rotatable bonds is 4. The number of fused-ring (bicyclic) bond motifs is 1. The van der Waals surface area contributed by atoms with Gasteiger partial charge < -0.3 is 10.0 Å². The Hall–Kier alpha value is -1.59. The minimum absolute atomic E-state index is 0.0755. The Balaban J connectivity index is 2.46. The van der Waals surface area contributed by atoms with Gasteiger partial charge in [-0.3, -0.25) is 9.20 Å². The summed E-state index contributed by atoms with van der Waals surface area (Å²) in [7, 11) is 0. The first-order valence-corrected chi connectivity index (χ1v) is 6.09. The molecule has 1 N–H and O–H groups in total. The predicted octanol–water partition coefficient (Wildman–Crippen LogP) is 1.44. The number of hydrogen-bond donors (Lipinski definition) is 1. The Bertz CT molecular complexity index is 567. The van der Waals surface area contributed by atoms with Gasteiger partial charge in [-0.25, -0.2) is 4.98 Å². The lowest BCUT2D eigenvalue weighted by Crippen LogP contribution is -2.34. The molecule has 0 unspecified atom stereocenters. The van der Waals surface area contributed by atoms with Crippen LogP contribution in [0.1, 0.15) is 17.4 Å². The number of pyridine rings is 1. The molecule has 2 aromatic heterocycles. The molecule has 5 nitrogen and oxygen atoms in total. The lowest BCUT2D eigenvalue weighted by molar-refractivity contribution is 0.0725. The van der Waals surface area contributed by atoms with E-state index < -0.39 is 0 Å². The first kappa shape index (κ1) is 12.9. The molecule has 0 atom stereocenters. The van der Waals surface area contributed by atoms with Crippen LogP contribution in [0.25, 0.3) is 5.65 Å². The number of aliphatic hydroxyl groups excluding tert-OH is 1. The summed E-state index contributed by atoms with van der Waals surface area (Å²) in [5.74, 6) is -0.227. The summed E-state index contributed by atoms with van der Waals surface area (Å²) in [6, 6.07) is 5.42. The zero-order valence-electron chi connectivity index (χ0n) is 10.0.